The summed E-state index contributed by atoms with van der Waals surface area (Å²) in [5.74, 6) is 0.838. The average molecular weight is 261 g/mol. The van der Waals surface area contributed by atoms with Crippen molar-refractivity contribution in [1.29, 1.82) is 0 Å². The fraction of sp³-hybridized carbons (Fsp3) is 0.400. The number of amides is 1. The van der Waals surface area contributed by atoms with E-state index in [-0.39, 0.29) is 24.5 Å². The monoisotopic (exact) mass is 261 g/mol. The van der Waals surface area contributed by atoms with Gasteiger partial charge in [-0.2, -0.15) is 0 Å². The van der Waals surface area contributed by atoms with Gasteiger partial charge >= 0.3 is 0 Å². The standard InChI is InChI=1S/C15H19NO3/c1-9(2)13(8-17)16-15(18)11-4-5-14-12(7-11)6-10(3)19-14/h4-7,9,13,17H,8H2,1-3H3,(H,16,18)/t13-/m1/s1. The molecular weight excluding hydrogens is 242 g/mol. The largest absolute Gasteiger partial charge is 0.461 e. The van der Waals surface area contributed by atoms with Crippen molar-refractivity contribution in [3.63, 3.8) is 0 Å². The van der Waals surface area contributed by atoms with E-state index in [1.165, 1.54) is 0 Å². The Morgan fingerprint density at radius 3 is 2.74 bits per heavy atom. The van der Waals surface area contributed by atoms with Crippen LogP contribution in [0.3, 0.4) is 0 Å². The Hall–Kier alpha value is -1.81. The van der Waals surface area contributed by atoms with E-state index >= 15 is 0 Å². The molecule has 2 rings (SSSR count). The zero-order valence-electron chi connectivity index (χ0n) is 11.4. The highest BCUT2D eigenvalue weighted by Crippen LogP contribution is 2.20. The van der Waals surface area contributed by atoms with Crippen LogP contribution in [0.15, 0.2) is 28.7 Å². The van der Waals surface area contributed by atoms with Crippen molar-refractivity contribution in [1.82, 2.24) is 5.32 Å². The van der Waals surface area contributed by atoms with Crippen molar-refractivity contribution in [2.75, 3.05) is 6.61 Å². The number of aliphatic hydroxyl groups is 1. The molecule has 1 aromatic carbocycles. The molecule has 102 valence electrons. The molecule has 0 aliphatic heterocycles. The third-order valence-electron chi connectivity index (χ3n) is 3.22. The summed E-state index contributed by atoms with van der Waals surface area (Å²) in [4.78, 5) is 12.1. The minimum Gasteiger partial charge on any atom is -0.461 e. The smallest absolute Gasteiger partial charge is 0.251 e. The van der Waals surface area contributed by atoms with E-state index in [4.69, 9.17) is 4.42 Å². The Kier molecular flexibility index (Phi) is 3.90. The Morgan fingerprint density at radius 1 is 1.37 bits per heavy atom. The fourth-order valence-corrected chi connectivity index (χ4v) is 1.99. The van der Waals surface area contributed by atoms with Gasteiger partial charge in [0.15, 0.2) is 0 Å². The van der Waals surface area contributed by atoms with E-state index in [9.17, 15) is 9.90 Å². The van der Waals surface area contributed by atoms with Crippen LogP contribution in [0, 0.1) is 12.8 Å². The number of hydrogen-bond donors (Lipinski definition) is 2. The first kappa shape index (κ1) is 13.6. The zero-order chi connectivity index (χ0) is 14.0. The molecular formula is C15H19NO3. The van der Waals surface area contributed by atoms with Crippen LogP contribution >= 0.6 is 0 Å². The van der Waals surface area contributed by atoms with Crippen LogP contribution in [0.5, 0.6) is 0 Å². The van der Waals surface area contributed by atoms with Crippen molar-refractivity contribution < 1.29 is 14.3 Å². The minimum atomic E-state index is -0.228. The van der Waals surface area contributed by atoms with Crippen molar-refractivity contribution >= 4 is 16.9 Å². The summed E-state index contributed by atoms with van der Waals surface area (Å²) in [6, 6.07) is 7.00. The van der Waals surface area contributed by atoms with Crippen molar-refractivity contribution in [3.8, 4) is 0 Å². The van der Waals surface area contributed by atoms with Crippen LogP contribution in [-0.4, -0.2) is 23.7 Å². The van der Waals surface area contributed by atoms with Gasteiger partial charge in [0.1, 0.15) is 11.3 Å². The molecule has 19 heavy (non-hydrogen) atoms. The summed E-state index contributed by atoms with van der Waals surface area (Å²) in [6.45, 7) is 5.74. The van der Waals surface area contributed by atoms with E-state index < -0.39 is 0 Å². The first-order valence-corrected chi connectivity index (χ1v) is 6.43. The van der Waals surface area contributed by atoms with E-state index in [1.807, 2.05) is 26.8 Å². The van der Waals surface area contributed by atoms with Gasteiger partial charge in [-0.1, -0.05) is 13.8 Å². The number of benzene rings is 1. The van der Waals surface area contributed by atoms with Crippen molar-refractivity contribution in [2.24, 2.45) is 5.92 Å². The van der Waals surface area contributed by atoms with Gasteiger partial charge in [-0.25, -0.2) is 0 Å². The summed E-state index contributed by atoms with van der Waals surface area (Å²) >= 11 is 0. The lowest BCUT2D eigenvalue weighted by Crippen LogP contribution is -2.41. The number of rotatable bonds is 4. The molecule has 0 aliphatic rings. The number of aryl methyl sites for hydroxylation is 1. The van der Waals surface area contributed by atoms with Crippen LogP contribution in [0.1, 0.15) is 30.0 Å². The molecule has 1 atom stereocenters. The molecule has 2 N–H and O–H groups in total. The molecule has 0 fully saturated rings. The van der Waals surface area contributed by atoms with Gasteiger partial charge < -0.3 is 14.8 Å². The van der Waals surface area contributed by atoms with Gasteiger partial charge in [0.05, 0.1) is 12.6 Å². The quantitative estimate of drug-likeness (QED) is 0.888. The van der Waals surface area contributed by atoms with Crippen LogP contribution < -0.4 is 5.32 Å². The molecule has 0 saturated heterocycles. The number of hydrogen-bond acceptors (Lipinski definition) is 3. The molecule has 1 amide bonds. The molecule has 0 unspecified atom stereocenters. The molecule has 0 aliphatic carbocycles. The second kappa shape index (κ2) is 5.45. The maximum atomic E-state index is 12.1. The molecule has 0 saturated carbocycles. The summed E-state index contributed by atoms with van der Waals surface area (Å²) in [5.41, 5.74) is 1.35. The second-order valence-electron chi connectivity index (χ2n) is 5.12. The minimum absolute atomic E-state index is 0.0591. The number of carbonyl (C=O) groups is 1. The Bertz CT molecular complexity index is 586. The Morgan fingerprint density at radius 2 is 2.11 bits per heavy atom. The van der Waals surface area contributed by atoms with E-state index in [1.54, 1.807) is 18.2 Å². The topological polar surface area (TPSA) is 62.5 Å². The summed E-state index contributed by atoms with van der Waals surface area (Å²) < 4.78 is 5.47. The summed E-state index contributed by atoms with van der Waals surface area (Å²) in [5, 5.41) is 13.0. The third-order valence-corrected chi connectivity index (χ3v) is 3.22. The number of aliphatic hydroxyl groups excluding tert-OH is 1. The van der Waals surface area contributed by atoms with Gasteiger partial charge in [0.25, 0.3) is 5.91 Å². The molecule has 0 bridgehead atoms. The SMILES string of the molecule is Cc1cc2cc(C(=O)N[C@H](CO)C(C)C)ccc2o1. The predicted molar refractivity (Wildman–Crippen MR) is 74.1 cm³/mol. The van der Waals surface area contributed by atoms with Crippen LogP contribution in [0.4, 0.5) is 0 Å². The van der Waals surface area contributed by atoms with Gasteiger partial charge in [-0.3, -0.25) is 4.79 Å². The lowest BCUT2D eigenvalue weighted by molar-refractivity contribution is 0.0897. The average Bonchev–Trinajstić information content (AvgIpc) is 2.74. The fourth-order valence-electron chi connectivity index (χ4n) is 1.99. The molecule has 1 heterocycles. The highest BCUT2D eigenvalue weighted by molar-refractivity contribution is 5.98. The van der Waals surface area contributed by atoms with Crippen molar-refractivity contribution in [2.45, 2.75) is 26.8 Å². The molecule has 2 aromatic rings. The predicted octanol–water partition coefficient (Wildman–Crippen LogP) is 2.49. The number of fused-ring (bicyclic) bond motifs is 1. The van der Waals surface area contributed by atoms with E-state index in [0.29, 0.717) is 5.56 Å². The summed E-state index contributed by atoms with van der Waals surface area (Å²) in [7, 11) is 0. The van der Waals surface area contributed by atoms with Gasteiger partial charge in [-0.15, -0.1) is 0 Å². The number of furan rings is 1. The van der Waals surface area contributed by atoms with Crippen LogP contribution in [0.2, 0.25) is 0 Å². The molecule has 4 nitrogen and oxygen atoms in total. The molecule has 0 radical (unpaired) electrons. The van der Waals surface area contributed by atoms with Crippen LogP contribution in [-0.2, 0) is 0 Å². The highest BCUT2D eigenvalue weighted by atomic mass is 16.3. The van der Waals surface area contributed by atoms with Gasteiger partial charge in [-0.05, 0) is 37.1 Å². The van der Waals surface area contributed by atoms with Crippen molar-refractivity contribution in [3.05, 3.63) is 35.6 Å². The highest BCUT2D eigenvalue weighted by Gasteiger charge is 2.16. The first-order chi connectivity index (χ1) is 9.01. The Labute approximate surface area is 112 Å². The number of nitrogens with one attached hydrogen (secondary N) is 1. The maximum absolute atomic E-state index is 12.1. The summed E-state index contributed by atoms with van der Waals surface area (Å²) in [6.07, 6.45) is 0. The third kappa shape index (κ3) is 2.96. The first-order valence-electron chi connectivity index (χ1n) is 6.43. The second-order valence-corrected chi connectivity index (χ2v) is 5.12. The molecule has 4 heteroatoms. The van der Waals surface area contributed by atoms with Crippen LogP contribution in [0.25, 0.3) is 11.0 Å². The Balaban J connectivity index is 2.21. The van der Waals surface area contributed by atoms with Gasteiger partial charge in [0, 0.05) is 10.9 Å². The molecule has 1 aromatic heterocycles. The molecule has 0 spiro atoms. The lowest BCUT2D eigenvalue weighted by Gasteiger charge is -2.19. The van der Waals surface area contributed by atoms with E-state index in [2.05, 4.69) is 5.32 Å². The number of carbonyl (C=O) groups excluding carboxylic acids is 1. The maximum Gasteiger partial charge on any atom is 0.251 e. The zero-order valence-corrected chi connectivity index (χ0v) is 11.4. The van der Waals surface area contributed by atoms with Gasteiger partial charge in [0.2, 0.25) is 0 Å². The normalized spacial score (nSPS) is 12.9. The van der Waals surface area contributed by atoms with E-state index in [0.717, 1.165) is 16.7 Å². The lowest BCUT2D eigenvalue weighted by atomic mass is 10.0.